The molecule has 8 heavy (non-hydrogen) atoms. The van der Waals surface area contributed by atoms with E-state index in [1.54, 1.807) is 6.92 Å². The van der Waals surface area contributed by atoms with E-state index in [0.717, 1.165) is 6.42 Å². The predicted octanol–water partition coefficient (Wildman–Crippen LogP) is 1.44. The molecule has 2 unspecified atom stereocenters. The van der Waals surface area contributed by atoms with Crippen LogP contribution in [-0.2, 0) is 4.79 Å². The van der Waals surface area contributed by atoms with E-state index < -0.39 is 0 Å². The molecule has 1 heteroatoms. The van der Waals surface area contributed by atoms with E-state index in [9.17, 15) is 4.79 Å². The molecule has 0 aliphatic heterocycles. The van der Waals surface area contributed by atoms with E-state index in [1.807, 2.05) is 0 Å². The van der Waals surface area contributed by atoms with Crippen molar-refractivity contribution >= 4 is 5.78 Å². The highest BCUT2D eigenvalue weighted by Crippen LogP contribution is 2.39. The van der Waals surface area contributed by atoms with E-state index in [2.05, 4.69) is 6.92 Å². The minimum Gasteiger partial charge on any atom is -0.300 e. The third-order valence-electron chi connectivity index (χ3n) is 1.62. The summed E-state index contributed by atoms with van der Waals surface area (Å²) in [5, 5.41) is 0. The van der Waals surface area contributed by atoms with E-state index in [-0.39, 0.29) is 0 Å². The van der Waals surface area contributed by atoms with Gasteiger partial charge in [0.1, 0.15) is 5.78 Å². The monoisotopic (exact) mass is 111 g/mol. The summed E-state index contributed by atoms with van der Waals surface area (Å²) in [5.74, 6) is 1.52. The minimum atomic E-state index is 0.307. The topological polar surface area (TPSA) is 17.1 Å². The fourth-order valence-corrected chi connectivity index (χ4v) is 0.930. The minimum absolute atomic E-state index is 0.307. The third-order valence-corrected chi connectivity index (χ3v) is 1.62. The van der Waals surface area contributed by atoms with Crippen LogP contribution in [0.25, 0.3) is 0 Å². The van der Waals surface area contributed by atoms with Crippen LogP contribution in [0.2, 0.25) is 0 Å². The maximum atomic E-state index is 10.4. The Morgan fingerprint density at radius 3 is 2.50 bits per heavy atom. The van der Waals surface area contributed by atoms with Gasteiger partial charge in [0.15, 0.2) is 0 Å². The van der Waals surface area contributed by atoms with Crippen LogP contribution in [0.1, 0.15) is 19.8 Å². The summed E-state index contributed by atoms with van der Waals surface area (Å²) >= 11 is 0. The molecule has 1 rings (SSSR count). The van der Waals surface area contributed by atoms with Crippen molar-refractivity contribution in [1.29, 1.82) is 0 Å². The molecule has 45 valence electrons. The molecule has 0 N–H and O–H groups in total. The molecule has 0 aromatic carbocycles. The largest absolute Gasteiger partial charge is 0.300 e. The van der Waals surface area contributed by atoms with Gasteiger partial charge in [-0.3, -0.25) is 0 Å². The Labute approximate surface area is 50.1 Å². The summed E-state index contributed by atoms with van der Waals surface area (Å²) in [7, 11) is 0. The molecule has 1 nitrogen and oxygen atoms in total. The van der Waals surface area contributed by atoms with Gasteiger partial charge in [-0.15, -0.1) is 0 Å². The van der Waals surface area contributed by atoms with E-state index in [4.69, 9.17) is 0 Å². The second kappa shape index (κ2) is 1.88. The summed E-state index contributed by atoms with van der Waals surface area (Å²) < 4.78 is 0. The Balaban J connectivity index is 2.14. The third kappa shape index (κ3) is 1.32. The number of ketones is 1. The van der Waals surface area contributed by atoms with Crippen LogP contribution < -0.4 is 0 Å². The second-order valence-electron chi connectivity index (χ2n) is 2.66. The molecule has 0 heterocycles. The summed E-state index contributed by atoms with van der Waals surface area (Å²) in [6.07, 6.45) is 1.92. The molecule has 2 atom stereocenters. The van der Waals surface area contributed by atoms with Crippen molar-refractivity contribution < 1.29 is 4.79 Å². The molecule has 0 aromatic heterocycles. The average molecular weight is 111 g/mol. The van der Waals surface area contributed by atoms with Crippen LogP contribution in [0, 0.1) is 18.8 Å². The molecule has 0 saturated heterocycles. The van der Waals surface area contributed by atoms with Gasteiger partial charge >= 0.3 is 0 Å². The molecule has 1 saturated carbocycles. The molecule has 0 amide bonds. The molecule has 1 aliphatic rings. The van der Waals surface area contributed by atoms with Crippen molar-refractivity contribution in [2.45, 2.75) is 19.8 Å². The van der Waals surface area contributed by atoms with Crippen LogP contribution in [0.4, 0.5) is 0 Å². The summed E-state index contributed by atoms with van der Waals surface area (Å²) in [5.41, 5.74) is 0. The Bertz CT molecular complexity index is 107. The predicted molar refractivity (Wildman–Crippen MR) is 32.3 cm³/mol. The van der Waals surface area contributed by atoms with E-state index in [0.29, 0.717) is 17.6 Å². The highest BCUT2D eigenvalue weighted by Gasteiger charge is 2.32. The first-order chi connectivity index (χ1) is 3.70. The number of hydrogen-bond acceptors (Lipinski definition) is 1. The lowest BCUT2D eigenvalue weighted by Gasteiger charge is -1.86. The van der Waals surface area contributed by atoms with Gasteiger partial charge in [0.2, 0.25) is 0 Å². The zero-order valence-electron chi connectivity index (χ0n) is 5.18. The Morgan fingerprint density at radius 1 is 1.88 bits per heavy atom. The molecule has 0 bridgehead atoms. The smallest absolute Gasteiger partial charge is 0.130 e. The number of hydrogen-bond donors (Lipinski definition) is 0. The lowest BCUT2D eigenvalue weighted by molar-refractivity contribution is -0.117. The summed E-state index contributed by atoms with van der Waals surface area (Å²) in [6.45, 7) is 5.48. The average Bonchev–Trinajstić information content (AvgIpc) is 2.17. The van der Waals surface area contributed by atoms with Crippen LogP contribution in [0.15, 0.2) is 0 Å². The Kier molecular flexibility index (Phi) is 1.37. The van der Waals surface area contributed by atoms with Crippen molar-refractivity contribution in [3.05, 3.63) is 6.92 Å². The number of rotatable bonds is 2. The molecule has 1 radical (unpaired) electrons. The van der Waals surface area contributed by atoms with Gasteiger partial charge < -0.3 is 4.79 Å². The first kappa shape index (κ1) is 5.80. The number of Topliss-reactive ketones (excluding diaryl/α,β-unsaturated/α-hetero) is 1. The SMILES string of the molecule is [CH2]C1CC1CC(C)=O. The van der Waals surface area contributed by atoms with Crippen molar-refractivity contribution in [1.82, 2.24) is 0 Å². The van der Waals surface area contributed by atoms with Gasteiger partial charge in [0.05, 0.1) is 0 Å². The van der Waals surface area contributed by atoms with Gasteiger partial charge in [-0.25, -0.2) is 0 Å². The van der Waals surface area contributed by atoms with Gasteiger partial charge in [-0.2, -0.15) is 0 Å². The lowest BCUT2D eigenvalue weighted by atomic mass is 10.2. The molecule has 0 spiro atoms. The first-order valence-corrected chi connectivity index (χ1v) is 3.02. The van der Waals surface area contributed by atoms with Crippen molar-refractivity contribution in [3.63, 3.8) is 0 Å². The van der Waals surface area contributed by atoms with Crippen LogP contribution >= 0.6 is 0 Å². The molecule has 1 fully saturated rings. The highest BCUT2D eigenvalue weighted by atomic mass is 16.1. The molecule has 1 aliphatic carbocycles. The Hall–Kier alpha value is -0.330. The van der Waals surface area contributed by atoms with Gasteiger partial charge in [-0.1, -0.05) is 0 Å². The number of carbonyl (C=O) groups excluding carboxylic acids is 1. The van der Waals surface area contributed by atoms with E-state index in [1.165, 1.54) is 6.42 Å². The Morgan fingerprint density at radius 2 is 2.38 bits per heavy atom. The second-order valence-corrected chi connectivity index (χ2v) is 2.66. The van der Waals surface area contributed by atoms with Crippen LogP contribution in [0.5, 0.6) is 0 Å². The van der Waals surface area contributed by atoms with Gasteiger partial charge in [0.25, 0.3) is 0 Å². The first-order valence-electron chi connectivity index (χ1n) is 3.02. The van der Waals surface area contributed by atoms with Crippen molar-refractivity contribution in [3.8, 4) is 0 Å². The molecular weight excluding hydrogens is 100 g/mol. The summed E-state index contributed by atoms with van der Waals surface area (Å²) in [4.78, 5) is 10.4. The van der Waals surface area contributed by atoms with Crippen molar-refractivity contribution in [2.24, 2.45) is 11.8 Å². The maximum absolute atomic E-state index is 10.4. The summed E-state index contributed by atoms with van der Waals surface area (Å²) in [6, 6.07) is 0. The lowest BCUT2D eigenvalue weighted by Crippen LogP contribution is -1.91. The zero-order chi connectivity index (χ0) is 6.15. The molecular formula is C7H11O. The fourth-order valence-electron chi connectivity index (χ4n) is 0.930. The normalized spacial score (nSPS) is 34.8. The zero-order valence-corrected chi connectivity index (χ0v) is 5.18. The van der Waals surface area contributed by atoms with E-state index >= 15 is 0 Å². The maximum Gasteiger partial charge on any atom is 0.130 e. The fraction of sp³-hybridized carbons (Fsp3) is 0.714. The van der Waals surface area contributed by atoms with Crippen LogP contribution in [-0.4, -0.2) is 5.78 Å². The molecule has 0 aromatic rings. The van der Waals surface area contributed by atoms with Gasteiger partial charge in [-0.05, 0) is 32.1 Å². The van der Waals surface area contributed by atoms with Crippen molar-refractivity contribution in [2.75, 3.05) is 0 Å². The van der Waals surface area contributed by atoms with Gasteiger partial charge in [0, 0.05) is 6.42 Å². The number of carbonyl (C=O) groups is 1. The highest BCUT2D eigenvalue weighted by molar-refractivity contribution is 5.76. The van der Waals surface area contributed by atoms with Crippen LogP contribution in [0.3, 0.4) is 0 Å². The quantitative estimate of drug-likeness (QED) is 0.527. The standard InChI is InChI=1S/C7H11O/c1-5-3-7(5)4-6(2)8/h5,7H,1,3-4H2,2H3.